The number of aliphatic hydroxyl groups excluding tert-OH is 1. The molecule has 0 aromatic rings. The molecule has 0 saturated carbocycles. The molecule has 1 aliphatic heterocycles. The Morgan fingerprint density at radius 1 is 1.70 bits per heavy atom. The fourth-order valence-corrected chi connectivity index (χ4v) is 1.34. The molecule has 0 aliphatic carbocycles. The van der Waals surface area contributed by atoms with E-state index in [1.807, 2.05) is 0 Å². The monoisotopic (exact) mass is 143 g/mol. The first-order valence-electron chi connectivity index (χ1n) is 3.67. The highest BCUT2D eigenvalue weighted by Gasteiger charge is 2.16. The van der Waals surface area contributed by atoms with Gasteiger partial charge in [-0.2, -0.15) is 0 Å². The van der Waals surface area contributed by atoms with E-state index in [1.165, 1.54) is 0 Å². The van der Waals surface area contributed by atoms with E-state index in [0.717, 1.165) is 32.3 Å². The Bertz CT molecular complexity index is 116. The first kappa shape index (κ1) is 7.54. The molecule has 1 fully saturated rings. The van der Waals surface area contributed by atoms with Crippen LogP contribution in [-0.2, 0) is 4.79 Å². The van der Waals surface area contributed by atoms with Crippen molar-refractivity contribution >= 4 is 6.41 Å². The zero-order valence-electron chi connectivity index (χ0n) is 5.99. The van der Waals surface area contributed by atoms with Gasteiger partial charge in [0.25, 0.3) is 0 Å². The Morgan fingerprint density at radius 3 is 3.10 bits per heavy atom. The molecule has 1 aliphatic rings. The quantitative estimate of drug-likeness (QED) is 0.546. The molecule has 1 saturated heterocycles. The highest BCUT2D eigenvalue weighted by molar-refractivity contribution is 5.47. The van der Waals surface area contributed by atoms with Crippen molar-refractivity contribution in [1.29, 1.82) is 0 Å². The summed E-state index contributed by atoms with van der Waals surface area (Å²) in [5, 5.41) is 8.76. The maximum atomic E-state index is 10.3. The van der Waals surface area contributed by atoms with Crippen LogP contribution in [0.4, 0.5) is 0 Å². The number of rotatable bonds is 2. The van der Waals surface area contributed by atoms with Gasteiger partial charge in [0, 0.05) is 19.7 Å². The van der Waals surface area contributed by atoms with E-state index >= 15 is 0 Å². The summed E-state index contributed by atoms with van der Waals surface area (Å²) in [5.41, 5.74) is 0. The van der Waals surface area contributed by atoms with Crippen molar-refractivity contribution in [3.8, 4) is 0 Å². The van der Waals surface area contributed by atoms with Crippen LogP contribution >= 0.6 is 0 Å². The van der Waals surface area contributed by atoms with Crippen LogP contribution in [0.1, 0.15) is 12.8 Å². The molecule has 58 valence electrons. The molecule has 0 radical (unpaired) electrons. The average Bonchev–Trinajstić information content (AvgIpc) is 2.05. The summed E-state index contributed by atoms with van der Waals surface area (Å²) in [6.07, 6.45) is 2.95. The Morgan fingerprint density at radius 2 is 2.50 bits per heavy atom. The number of aliphatic hydroxyl groups is 1. The summed E-state index contributed by atoms with van der Waals surface area (Å²) in [4.78, 5) is 12.0. The fourth-order valence-electron chi connectivity index (χ4n) is 1.34. The van der Waals surface area contributed by atoms with Gasteiger partial charge in [-0.1, -0.05) is 0 Å². The number of carbonyl (C=O) groups is 1. The van der Waals surface area contributed by atoms with Crippen LogP contribution in [0.25, 0.3) is 0 Å². The normalized spacial score (nSPS) is 26.5. The summed E-state index contributed by atoms with van der Waals surface area (Å²) in [6.45, 7) is 1.81. The second-order valence-corrected chi connectivity index (χ2v) is 2.79. The first-order valence-corrected chi connectivity index (χ1v) is 3.67. The molecule has 3 heteroatoms. The molecular formula is C7H13NO2. The van der Waals surface area contributed by atoms with Gasteiger partial charge < -0.3 is 10.0 Å². The van der Waals surface area contributed by atoms with Crippen molar-refractivity contribution in [3.05, 3.63) is 0 Å². The topological polar surface area (TPSA) is 40.5 Å². The third-order valence-electron chi connectivity index (χ3n) is 1.96. The maximum absolute atomic E-state index is 10.3. The predicted octanol–water partition coefficient (Wildman–Crippen LogP) is -0.153. The van der Waals surface area contributed by atoms with E-state index < -0.39 is 0 Å². The molecule has 0 bridgehead atoms. The van der Waals surface area contributed by atoms with E-state index in [4.69, 9.17) is 5.11 Å². The number of hydrogen-bond donors (Lipinski definition) is 1. The third-order valence-corrected chi connectivity index (χ3v) is 1.96. The van der Waals surface area contributed by atoms with Gasteiger partial charge in [0.15, 0.2) is 0 Å². The highest BCUT2D eigenvalue weighted by atomic mass is 16.3. The number of hydrogen-bond acceptors (Lipinski definition) is 2. The molecule has 1 heterocycles. The van der Waals surface area contributed by atoms with Crippen molar-refractivity contribution in [3.63, 3.8) is 0 Å². The van der Waals surface area contributed by atoms with Crippen LogP contribution in [-0.4, -0.2) is 36.1 Å². The van der Waals surface area contributed by atoms with Crippen LogP contribution in [0.15, 0.2) is 0 Å². The fraction of sp³-hybridized carbons (Fsp3) is 0.857. The van der Waals surface area contributed by atoms with E-state index in [-0.39, 0.29) is 6.61 Å². The molecule has 0 unspecified atom stereocenters. The molecule has 10 heavy (non-hydrogen) atoms. The van der Waals surface area contributed by atoms with Gasteiger partial charge in [0.2, 0.25) is 6.41 Å². The Hall–Kier alpha value is -0.570. The molecule has 0 aromatic carbocycles. The smallest absolute Gasteiger partial charge is 0.209 e. The predicted molar refractivity (Wildman–Crippen MR) is 37.4 cm³/mol. The lowest BCUT2D eigenvalue weighted by Crippen LogP contribution is -2.35. The number of carbonyl (C=O) groups excluding carboxylic acids is 1. The Balaban J connectivity index is 2.31. The number of nitrogens with zero attached hydrogens (tertiary/aromatic N) is 1. The van der Waals surface area contributed by atoms with Crippen molar-refractivity contribution in [1.82, 2.24) is 4.90 Å². The molecule has 1 amide bonds. The summed E-state index contributed by atoms with van der Waals surface area (Å²) in [5.74, 6) is 0.318. The van der Waals surface area contributed by atoms with E-state index in [1.54, 1.807) is 4.90 Å². The number of likely N-dealkylation sites (tertiary alicyclic amines) is 1. The minimum Gasteiger partial charge on any atom is -0.396 e. The van der Waals surface area contributed by atoms with Crippen LogP contribution < -0.4 is 0 Å². The van der Waals surface area contributed by atoms with Crippen molar-refractivity contribution < 1.29 is 9.90 Å². The lowest BCUT2D eigenvalue weighted by Gasteiger charge is -2.28. The van der Waals surface area contributed by atoms with Gasteiger partial charge >= 0.3 is 0 Å². The van der Waals surface area contributed by atoms with Gasteiger partial charge in [-0.15, -0.1) is 0 Å². The minimum absolute atomic E-state index is 0.213. The molecular weight excluding hydrogens is 130 g/mol. The average molecular weight is 143 g/mol. The SMILES string of the molecule is O=CN1CCC[C@H](CO)C1. The Labute approximate surface area is 60.6 Å². The maximum Gasteiger partial charge on any atom is 0.209 e. The standard InChI is InChI=1S/C7H13NO2/c9-5-7-2-1-3-8(4-7)6-10/h6-7,9H,1-5H2/t7-/m0/s1. The molecule has 1 rings (SSSR count). The minimum atomic E-state index is 0.213. The van der Waals surface area contributed by atoms with E-state index in [2.05, 4.69) is 0 Å². The van der Waals surface area contributed by atoms with Gasteiger partial charge in [-0.25, -0.2) is 0 Å². The molecule has 3 nitrogen and oxygen atoms in total. The lowest BCUT2D eigenvalue weighted by atomic mass is 10.00. The third kappa shape index (κ3) is 1.70. The summed E-state index contributed by atoms with van der Waals surface area (Å²) in [7, 11) is 0. The number of amides is 1. The van der Waals surface area contributed by atoms with Gasteiger partial charge in [0.05, 0.1) is 0 Å². The zero-order valence-corrected chi connectivity index (χ0v) is 5.99. The van der Waals surface area contributed by atoms with Crippen LogP contribution in [0.5, 0.6) is 0 Å². The highest BCUT2D eigenvalue weighted by Crippen LogP contribution is 2.13. The van der Waals surface area contributed by atoms with Crippen LogP contribution in [0.2, 0.25) is 0 Å². The molecule has 0 aromatic heterocycles. The molecule has 0 spiro atoms. The van der Waals surface area contributed by atoms with Gasteiger partial charge in [-0.05, 0) is 18.8 Å². The van der Waals surface area contributed by atoms with Crippen molar-refractivity contribution in [2.24, 2.45) is 5.92 Å². The molecule has 1 atom stereocenters. The zero-order chi connectivity index (χ0) is 7.40. The van der Waals surface area contributed by atoms with E-state index in [9.17, 15) is 4.79 Å². The van der Waals surface area contributed by atoms with Crippen LogP contribution in [0, 0.1) is 5.92 Å². The summed E-state index contributed by atoms with van der Waals surface area (Å²) < 4.78 is 0. The Kier molecular flexibility index (Phi) is 2.68. The van der Waals surface area contributed by atoms with Gasteiger partial charge in [-0.3, -0.25) is 4.79 Å². The first-order chi connectivity index (χ1) is 4.86. The second-order valence-electron chi connectivity index (χ2n) is 2.79. The van der Waals surface area contributed by atoms with Gasteiger partial charge in [0.1, 0.15) is 0 Å². The summed E-state index contributed by atoms with van der Waals surface area (Å²) in [6, 6.07) is 0. The number of piperidine rings is 1. The van der Waals surface area contributed by atoms with Crippen molar-refractivity contribution in [2.75, 3.05) is 19.7 Å². The lowest BCUT2D eigenvalue weighted by molar-refractivity contribution is -0.120. The molecule has 1 N–H and O–H groups in total. The van der Waals surface area contributed by atoms with E-state index in [0.29, 0.717) is 5.92 Å². The van der Waals surface area contributed by atoms with Crippen LogP contribution in [0.3, 0.4) is 0 Å². The second kappa shape index (κ2) is 3.56. The largest absolute Gasteiger partial charge is 0.396 e. The summed E-state index contributed by atoms with van der Waals surface area (Å²) >= 11 is 0. The van der Waals surface area contributed by atoms with Crippen molar-refractivity contribution in [2.45, 2.75) is 12.8 Å².